The summed E-state index contributed by atoms with van der Waals surface area (Å²) in [6.45, 7) is 1.46. The van der Waals surface area contributed by atoms with Crippen molar-refractivity contribution in [1.29, 1.82) is 0 Å². The largest absolute Gasteiger partial charge is 0.358 e. The first-order valence-electron chi connectivity index (χ1n) is 11.3. The summed E-state index contributed by atoms with van der Waals surface area (Å²) in [4.78, 5) is 77.8. The van der Waals surface area contributed by atoms with Gasteiger partial charge in [0.2, 0.25) is 11.8 Å². The lowest BCUT2D eigenvalue weighted by Gasteiger charge is -2.42. The zero-order valence-electron chi connectivity index (χ0n) is 19.2. The first kappa shape index (κ1) is 23.9. The molecule has 3 N–H and O–H groups in total. The molecule has 2 aromatic rings. The molecular formula is C23H26N6O6. The fraction of sp³-hybridized carbons (Fsp3) is 0.391. The summed E-state index contributed by atoms with van der Waals surface area (Å²) in [5.74, 6) is -1.87. The van der Waals surface area contributed by atoms with Crippen molar-refractivity contribution in [1.82, 2.24) is 30.8 Å². The number of urea groups is 1. The third-order valence-electron chi connectivity index (χ3n) is 5.98. The van der Waals surface area contributed by atoms with Crippen molar-refractivity contribution in [3.05, 3.63) is 36.0 Å². The molecule has 0 saturated carbocycles. The number of benzene rings is 1. The first-order chi connectivity index (χ1) is 16.8. The predicted octanol–water partition coefficient (Wildman–Crippen LogP) is 0.509. The van der Waals surface area contributed by atoms with Gasteiger partial charge < -0.3 is 15.1 Å². The van der Waals surface area contributed by atoms with Crippen molar-refractivity contribution in [3.63, 3.8) is 0 Å². The number of hydrogen-bond donors (Lipinski definition) is 3. The minimum Gasteiger partial charge on any atom is -0.350 e. The zero-order valence-corrected chi connectivity index (χ0v) is 19.2. The Balaban J connectivity index is 1.54. The molecule has 0 aliphatic carbocycles. The van der Waals surface area contributed by atoms with Crippen LogP contribution in [0.3, 0.4) is 0 Å². The van der Waals surface area contributed by atoms with Gasteiger partial charge in [0.15, 0.2) is 0 Å². The number of nitrogens with one attached hydrogen (secondary N) is 3. The Morgan fingerprint density at radius 2 is 1.97 bits per heavy atom. The van der Waals surface area contributed by atoms with Gasteiger partial charge in [0.05, 0.1) is 12.6 Å². The molecule has 1 aromatic carbocycles. The normalized spacial score (nSPS) is 19.1. The van der Waals surface area contributed by atoms with Crippen molar-refractivity contribution >= 4 is 46.7 Å². The van der Waals surface area contributed by atoms with E-state index in [-0.39, 0.29) is 49.7 Å². The van der Waals surface area contributed by atoms with Crippen LogP contribution in [-0.2, 0) is 19.2 Å². The molecule has 0 bridgehead atoms. The molecule has 2 aliphatic heterocycles. The number of hydrogen-bond acceptors (Lipinski definition) is 6. The molecule has 3 heterocycles. The number of fused-ring (bicyclic) bond motifs is 2. The quantitative estimate of drug-likeness (QED) is 0.489. The Hall–Kier alpha value is -4.22. The summed E-state index contributed by atoms with van der Waals surface area (Å²) in [5.41, 5.74) is 3.53. The average molecular weight is 482 g/mol. The van der Waals surface area contributed by atoms with Crippen molar-refractivity contribution < 1.29 is 28.8 Å². The number of carbonyl (C=O) groups is 6. The highest BCUT2D eigenvalue weighted by atomic mass is 16.2. The van der Waals surface area contributed by atoms with Gasteiger partial charge in [0.1, 0.15) is 23.8 Å². The van der Waals surface area contributed by atoms with Crippen LogP contribution in [0.5, 0.6) is 0 Å². The molecule has 12 nitrogen and oxygen atoms in total. The minimum atomic E-state index is -1.08. The van der Waals surface area contributed by atoms with Gasteiger partial charge in [0, 0.05) is 30.3 Å². The predicted molar refractivity (Wildman–Crippen MR) is 122 cm³/mol. The maximum atomic E-state index is 13.4. The Morgan fingerprint density at radius 3 is 2.69 bits per heavy atom. The van der Waals surface area contributed by atoms with Gasteiger partial charge in [-0.25, -0.2) is 19.8 Å². The van der Waals surface area contributed by atoms with E-state index in [1.807, 2.05) is 24.3 Å². The minimum absolute atomic E-state index is 0.0507. The third-order valence-corrected chi connectivity index (χ3v) is 5.98. The SMILES string of the molecule is CC(=O)C[C@@H](C=O)NC(=O)[C@@H]1CCCN2C(=O)CCN(NC(=O)c3cc4ccccc4[nH]3)C(=O)N12. The maximum absolute atomic E-state index is 13.4. The average Bonchev–Trinajstić information content (AvgIpc) is 3.24. The molecule has 2 atom stereocenters. The van der Waals surface area contributed by atoms with Crippen molar-refractivity contribution in [2.24, 2.45) is 0 Å². The fourth-order valence-electron chi connectivity index (χ4n) is 4.32. The van der Waals surface area contributed by atoms with Crippen LogP contribution in [0.1, 0.15) is 43.1 Å². The Morgan fingerprint density at radius 1 is 1.20 bits per heavy atom. The van der Waals surface area contributed by atoms with E-state index in [9.17, 15) is 28.8 Å². The van der Waals surface area contributed by atoms with E-state index < -0.39 is 29.9 Å². The van der Waals surface area contributed by atoms with Gasteiger partial charge in [-0.3, -0.25) is 24.6 Å². The summed E-state index contributed by atoms with van der Waals surface area (Å²) in [6, 6.07) is 6.10. The van der Waals surface area contributed by atoms with Crippen LogP contribution in [0, 0.1) is 0 Å². The molecule has 184 valence electrons. The standard InChI is InChI=1S/C23H26N6O6/c1-14(31)11-16(13-30)24-22(34)19-7-4-9-28-20(32)8-10-27(23(35)29(19)28)26-21(33)18-12-15-5-2-3-6-17(15)25-18/h2-3,5-6,12-13,16,19,25H,4,7-11H2,1H3,(H,24,34)(H,26,33)/t16-,19-/m0/s1. The summed E-state index contributed by atoms with van der Waals surface area (Å²) < 4.78 is 0. The van der Waals surface area contributed by atoms with Gasteiger partial charge in [-0.2, -0.15) is 0 Å². The fourth-order valence-corrected chi connectivity index (χ4v) is 4.32. The smallest absolute Gasteiger partial charge is 0.350 e. The van der Waals surface area contributed by atoms with Crippen LogP contribution in [0.4, 0.5) is 4.79 Å². The highest BCUT2D eigenvalue weighted by Gasteiger charge is 2.44. The van der Waals surface area contributed by atoms with E-state index in [2.05, 4.69) is 15.7 Å². The molecular weight excluding hydrogens is 456 g/mol. The van der Waals surface area contributed by atoms with Crippen molar-refractivity contribution in [2.75, 3.05) is 13.1 Å². The van der Waals surface area contributed by atoms with Crippen LogP contribution >= 0.6 is 0 Å². The number of aldehydes is 1. The second-order valence-electron chi connectivity index (χ2n) is 8.57. The molecule has 0 unspecified atom stereocenters. The summed E-state index contributed by atoms with van der Waals surface area (Å²) >= 11 is 0. The van der Waals surface area contributed by atoms with E-state index in [1.54, 1.807) is 6.07 Å². The second kappa shape index (κ2) is 9.95. The van der Waals surface area contributed by atoms with Gasteiger partial charge in [-0.15, -0.1) is 0 Å². The van der Waals surface area contributed by atoms with Gasteiger partial charge >= 0.3 is 6.03 Å². The molecule has 5 amide bonds. The number of carbonyl (C=O) groups excluding carboxylic acids is 6. The van der Waals surface area contributed by atoms with E-state index in [1.165, 1.54) is 11.9 Å². The maximum Gasteiger partial charge on any atom is 0.358 e. The zero-order chi connectivity index (χ0) is 25.1. The lowest BCUT2D eigenvalue weighted by Crippen LogP contribution is -2.64. The lowest BCUT2D eigenvalue weighted by atomic mass is 10.1. The number of ketones is 1. The van der Waals surface area contributed by atoms with Gasteiger partial charge in [-0.05, 0) is 31.9 Å². The van der Waals surface area contributed by atoms with Gasteiger partial charge in [0.25, 0.3) is 5.91 Å². The monoisotopic (exact) mass is 482 g/mol. The van der Waals surface area contributed by atoms with Crippen molar-refractivity contribution in [3.8, 4) is 0 Å². The van der Waals surface area contributed by atoms with E-state index in [0.29, 0.717) is 12.7 Å². The number of aromatic nitrogens is 1. The van der Waals surface area contributed by atoms with E-state index in [4.69, 9.17) is 0 Å². The van der Waals surface area contributed by atoms with Crippen LogP contribution in [-0.4, -0.2) is 81.0 Å². The number of Topliss-reactive ketones (excluding diaryl/α,β-unsaturated/α-hetero) is 1. The Labute approximate surface area is 200 Å². The molecule has 35 heavy (non-hydrogen) atoms. The van der Waals surface area contributed by atoms with Crippen molar-refractivity contribution in [2.45, 2.75) is 44.7 Å². The number of aromatic amines is 1. The van der Waals surface area contributed by atoms with Crippen LogP contribution in [0.15, 0.2) is 30.3 Å². The topological polar surface area (TPSA) is 152 Å². The summed E-state index contributed by atoms with van der Waals surface area (Å²) in [5, 5.41) is 6.58. The van der Waals surface area contributed by atoms with E-state index >= 15 is 0 Å². The third kappa shape index (κ3) is 5.00. The molecule has 4 rings (SSSR count). The highest BCUT2D eigenvalue weighted by molar-refractivity contribution is 5.99. The highest BCUT2D eigenvalue weighted by Crippen LogP contribution is 2.24. The molecule has 12 heteroatoms. The number of para-hydroxylation sites is 1. The number of amides is 5. The lowest BCUT2D eigenvalue weighted by molar-refractivity contribution is -0.155. The molecule has 0 radical (unpaired) electrons. The Bertz CT molecular complexity index is 1160. The van der Waals surface area contributed by atoms with Crippen LogP contribution in [0.25, 0.3) is 10.9 Å². The summed E-state index contributed by atoms with van der Waals surface area (Å²) in [6.07, 6.45) is 0.947. The van der Waals surface area contributed by atoms with Crippen LogP contribution < -0.4 is 10.7 Å². The Kier molecular flexibility index (Phi) is 6.80. The number of hydrazine groups is 2. The summed E-state index contributed by atoms with van der Waals surface area (Å²) in [7, 11) is 0. The number of H-pyrrole nitrogens is 1. The number of rotatable bonds is 7. The first-order valence-corrected chi connectivity index (χ1v) is 11.3. The molecule has 1 aromatic heterocycles. The van der Waals surface area contributed by atoms with Gasteiger partial charge in [-0.1, -0.05) is 18.2 Å². The van der Waals surface area contributed by atoms with E-state index in [0.717, 1.165) is 20.9 Å². The molecule has 2 saturated heterocycles. The second-order valence-corrected chi connectivity index (χ2v) is 8.57. The molecule has 0 spiro atoms. The molecule has 2 aliphatic rings. The molecule has 2 fully saturated rings. The number of nitrogens with zero attached hydrogens (tertiary/aromatic N) is 3. The van der Waals surface area contributed by atoms with Crippen LogP contribution in [0.2, 0.25) is 0 Å².